The maximum Gasteiger partial charge on any atom is 0.297 e. The number of anilines is 1. The molecule has 0 atom stereocenters. The average Bonchev–Trinajstić information content (AvgIpc) is 3.14. The van der Waals surface area contributed by atoms with Gasteiger partial charge >= 0.3 is 0 Å². The zero-order valence-corrected chi connectivity index (χ0v) is 17.1. The predicted molar refractivity (Wildman–Crippen MR) is 111 cm³/mol. The first kappa shape index (κ1) is 21.8. The second kappa shape index (κ2) is 9.70. The van der Waals surface area contributed by atoms with Crippen LogP contribution in [-0.4, -0.2) is 39.7 Å². The van der Waals surface area contributed by atoms with E-state index in [1.165, 1.54) is 12.1 Å². The summed E-state index contributed by atoms with van der Waals surface area (Å²) < 4.78 is 52.9. The number of ether oxygens (including phenoxy) is 1. The van der Waals surface area contributed by atoms with Crippen LogP contribution < -0.4 is 15.8 Å². The van der Waals surface area contributed by atoms with Crippen LogP contribution in [0.4, 0.5) is 10.4 Å². The Morgan fingerprint density at radius 1 is 1.27 bits per heavy atom. The Kier molecular flexibility index (Phi) is 7.03. The molecular formula is C20H22FN3O5S. The molecule has 3 aromatic rings. The number of hydrogen-bond donors (Lipinski definition) is 2. The third-order valence-electron chi connectivity index (χ3n) is 4.13. The summed E-state index contributed by atoms with van der Waals surface area (Å²) in [5.74, 6) is 0.477. The third kappa shape index (κ3) is 5.56. The van der Waals surface area contributed by atoms with Crippen molar-refractivity contribution in [2.45, 2.75) is 11.8 Å². The zero-order valence-electron chi connectivity index (χ0n) is 16.3. The summed E-state index contributed by atoms with van der Waals surface area (Å²) in [6, 6.07) is 11.6. The lowest BCUT2D eigenvalue weighted by Gasteiger charge is -2.06. The van der Waals surface area contributed by atoms with Crippen LogP contribution in [0.25, 0.3) is 11.1 Å². The molecule has 10 heteroatoms. The number of nitrogens with two attached hydrogens (primary N) is 1. The van der Waals surface area contributed by atoms with E-state index in [2.05, 4.69) is 10.3 Å². The normalized spacial score (nSPS) is 12.3. The van der Waals surface area contributed by atoms with Gasteiger partial charge in [0, 0.05) is 24.7 Å². The van der Waals surface area contributed by atoms with E-state index in [0.717, 1.165) is 5.56 Å². The van der Waals surface area contributed by atoms with Crippen molar-refractivity contribution in [3.63, 3.8) is 0 Å². The Morgan fingerprint density at radius 3 is 2.73 bits per heavy atom. The van der Waals surface area contributed by atoms with Crippen LogP contribution in [0.3, 0.4) is 0 Å². The van der Waals surface area contributed by atoms with Crippen LogP contribution in [0.1, 0.15) is 5.56 Å². The minimum absolute atomic E-state index is 0.0323. The Morgan fingerprint density at radius 2 is 2.03 bits per heavy atom. The second-order valence-electron chi connectivity index (χ2n) is 6.42. The minimum Gasteiger partial charge on any atom is -0.489 e. The first-order valence-corrected chi connectivity index (χ1v) is 10.5. The van der Waals surface area contributed by atoms with Crippen molar-refractivity contribution < 1.29 is 26.1 Å². The van der Waals surface area contributed by atoms with E-state index in [4.69, 9.17) is 19.1 Å². The lowest BCUT2D eigenvalue weighted by atomic mass is 10.2. The van der Waals surface area contributed by atoms with Crippen LogP contribution in [0.5, 0.6) is 5.75 Å². The van der Waals surface area contributed by atoms with Gasteiger partial charge < -0.3 is 20.2 Å². The van der Waals surface area contributed by atoms with E-state index in [1.807, 2.05) is 6.92 Å². The van der Waals surface area contributed by atoms with E-state index < -0.39 is 10.1 Å². The monoisotopic (exact) mass is 435 g/mol. The highest BCUT2D eigenvalue weighted by Crippen LogP contribution is 2.24. The molecule has 0 radical (unpaired) electrons. The van der Waals surface area contributed by atoms with Gasteiger partial charge in [-0.1, -0.05) is 17.7 Å². The molecule has 0 unspecified atom stereocenters. The summed E-state index contributed by atoms with van der Waals surface area (Å²) in [4.78, 5) is 4.35. The second-order valence-corrected chi connectivity index (χ2v) is 8.04. The first-order chi connectivity index (χ1) is 14.4. The molecule has 8 nitrogen and oxygen atoms in total. The molecule has 0 saturated heterocycles. The van der Waals surface area contributed by atoms with Crippen molar-refractivity contribution in [2.24, 2.45) is 5.73 Å². The molecule has 1 aromatic heterocycles. The molecule has 0 aliphatic heterocycles. The van der Waals surface area contributed by atoms with Crippen molar-refractivity contribution in [3.05, 3.63) is 59.9 Å². The summed E-state index contributed by atoms with van der Waals surface area (Å²) in [5.41, 5.74) is 7.72. The van der Waals surface area contributed by atoms with E-state index in [0.29, 0.717) is 28.8 Å². The Balaban J connectivity index is 1.54. The smallest absolute Gasteiger partial charge is 0.297 e. The largest absolute Gasteiger partial charge is 0.489 e. The number of halogens is 1. The number of nitrogens with zero attached hydrogens (tertiary/aromatic N) is 1. The fourth-order valence-corrected chi connectivity index (χ4v) is 3.37. The lowest BCUT2D eigenvalue weighted by molar-refractivity contribution is 0.330. The van der Waals surface area contributed by atoms with Crippen molar-refractivity contribution >= 4 is 27.2 Å². The van der Waals surface area contributed by atoms with Crippen LogP contribution in [-0.2, 0) is 14.3 Å². The molecule has 0 fully saturated rings. The number of hydrogen-bond acceptors (Lipinski definition) is 8. The molecule has 0 spiro atoms. The number of rotatable bonds is 10. The van der Waals surface area contributed by atoms with Gasteiger partial charge in [0.25, 0.3) is 16.1 Å². The lowest BCUT2D eigenvalue weighted by Crippen LogP contribution is -2.14. The molecule has 0 aliphatic rings. The number of oxazole rings is 1. The number of nitrogens with one attached hydrogen (secondary N) is 1. The quantitative estimate of drug-likeness (QED) is 0.368. The Labute approximate surface area is 173 Å². The standard InChI is InChI=1S/C20H22FN3O5S/c1-14-2-5-17(6-3-14)30(25,26)28-9-8-23-20-24-18-7-4-16(10-19(18)29-20)27-13-15(11-21)12-22/h2-7,10-11H,8-9,12-13,22H2,1H3,(H,23,24)/b15-11+. The SMILES string of the molecule is Cc1ccc(S(=O)(=O)OCCNc2nc3ccc(OC/C(=C/F)CN)cc3o2)cc1. The van der Waals surface area contributed by atoms with Crippen LogP contribution in [0.2, 0.25) is 0 Å². The molecule has 3 rings (SSSR count). The van der Waals surface area contributed by atoms with E-state index in [1.54, 1.807) is 30.3 Å². The molecule has 160 valence electrons. The first-order valence-electron chi connectivity index (χ1n) is 9.13. The molecule has 1 heterocycles. The van der Waals surface area contributed by atoms with Crippen molar-refractivity contribution in [1.82, 2.24) is 4.98 Å². The highest BCUT2D eigenvalue weighted by atomic mass is 32.2. The Bertz CT molecular complexity index is 1130. The summed E-state index contributed by atoms with van der Waals surface area (Å²) in [7, 11) is -3.83. The summed E-state index contributed by atoms with van der Waals surface area (Å²) in [5, 5.41) is 2.87. The minimum atomic E-state index is -3.83. The van der Waals surface area contributed by atoms with Crippen molar-refractivity contribution in [1.29, 1.82) is 0 Å². The highest BCUT2D eigenvalue weighted by Gasteiger charge is 2.15. The number of aromatic nitrogens is 1. The van der Waals surface area contributed by atoms with E-state index >= 15 is 0 Å². The number of benzene rings is 2. The van der Waals surface area contributed by atoms with E-state index in [-0.39, 0.29) is 37.2 Å². The van der Waals surface area contributed by atoms with Gasteiger partial charge in [0.15, 0.2) is 5.58 Å². The number of aryl methyl sites for hydroxylation is 1. The third-order valence-corrected chi connectivity index (χ3v) is 5.45. The van der Waals surface area contributed by atoms with Gasteiger partial charge in [-0.3, -0.25) is 4.18 Å². The molecule has 30 heavy (non-hydrogen) atoms. The maximum absolute atomic E-state index is 12.5. The van der Waals surface area contributed by atoms with Gasteiger partial charge in [0.2, 0.25) is 0 Å². The zero-order chi connectivity index (χ0) is 21.6. The predicted octanol–water partition coefficient (Wildman–Crippen LogP) is 3.14. The fourth-order valence-electron chi connectivity index (χ4n) is 2.46. The molecule has 0 aliphatic carbocycles. The van der Waals surface area contributed by atoms with Gasteiger partial charge in [-0.05, 0) is 31.2 Å². The van der Waals surface area contributed by atoms with Gasteiger partial charge in [0.05, 0.1) is 17.8 Å². The summed E-state index contributed by atoms with van der Waals surface area (Å²) in [6.07, 6.45) is 0.427. The molecule has 0 saturated carbocycles. The fraction of sp³-hybridized carbons (Fsp3) is 0.250. The van der Waals surface area contributed by atoms with Crippen molar-refractivity contribution in [3.8, 4) is 5.75 Å². The molecule has 0 amide bonds. The summed E-state index contributed by atoms with van der Waals surface area (Å²) >= 11 is 0. The topological polar surface area (TPSA) is 117 Å². The number of fused-ring (bicyclic) bond motifs is 1. The summed E-state index contributed by atoms with van der Waals surface area (Å²) in [6.45, 7) is 2.04. The molecule has 2 aromatic carbocycles. The maximum atomic E-state index is 12.5. The molecule has 0 bridgehead atoms. The Hall–Kier alpha value is -2.95. The van der Waals surface area contributed by atoms with Gasteiger partial charge in [-0.25, -0.2) is 4.39 Å². The van der Waals surface area contributed by atoms with Crippen LogP contribution in [0.15, 0.2) is 63.7 Å². The van der Waals surface area contributed by atoms with E-state index in [9.17, 15) is 12.8 Å². The van der Waals surface area contributed by atoms with Crippen molar-refractivity contribution in [2.75, 3.05) is 31.6 Å². The van der Waals surface area contributed by atoms with Crippen LogP contribution in [0, 0.1) is 6.92 Å². The highest BCUT2D eigenvalue weighted by molar-refractivity contribution is 7.86. The average molecular weight is 435 g/mol. The molecule has 3 N–H and O–H groups in total. The van der Waals surface area contributed by atoms with Gasteiger partial charge in [0.1, 0.15) is 17.9 Å². The van der Waals surface area contributed by atoms with Gasteiger partial charge in [-0.2, -0.15) is 13.4 Å². The van der Waals surface area contributed by atoms with Gasteiger partial charge in [-0.15, -0.1) is 0 Å². The van der Waals surface area contributed by atoms with Crippen LogP contribution >= 0.6 is 0 Å². The molecular weight excluding hydrogens is 413 g/mol.